The zero-order valence-electron chi connectivity index (χ0n) is 10.5. The normalized spacial score (nSPS) is 9.89. The second kappa shape index (κ2) is 5.90. The van der Waals surface area contributed by atoms with Crippen molar-refractivity contribution in [3.05, 3.63) is 23.8 Å². The summed E-state index contributed by atoms with van der Waals surface area (Å²) >= 11 is 0. The van der Waals surface area contributed by atoms with Crippen molar-refractivity contribution in [3.8, 4) is 0 Å². The number of rotatable bonds is 4. The van der Waals surface area contributed by atoms with Crippen molar-refractivity contribution in [2.75, 3.05) is 32.2 Å². The Labute approximate surface area is 105 Å². The summed E-state index contributed by atoms with van der Waals surface area (Å²) in [5.74, 6) is -0.615. The molecule has 6 heteroatoms. The predicted octanol–water partition coefficient (Wildman–Crippen LogP) is 0.486. The Hall–Kier alpha value is -2.24. The van der Waals surface area contributed by atoms with E-state index in [2.05, 4.69) is 4.74 Å². The van der Waals surface area contributed by atoms with Crippen LogP contribution in [-0.2, 0) is 9.53 Å². The number of methoxy groups -OCH3 is 1. The highest BCUT2D eigenvalue weighted by molar-refractivity contribution is 5.99. The van der Waals surface area contributed by atoms with Gasteiger partial charge in [-0.3, -0.25) is 9.59 Å². The first-order valence-corrected chi connectivity index (χ1v) is 5.43. The molecular weight excluding hydrogens is 234 g/mol. The van der Waals surface area contributed by atoms with Gasteiger partial charge in [0.25, 0.3) is 5.91 Å². The number of esters is 1. The summed E-state index contributed by atoms with van der Waals surface area (Å²) in [6.45, 7) is 0.273. The van der Waals surface area contributed by atoms with Gasteiger partial charge < -0.3 is 21.1 Å². The molecule has 0 saturated carbocycles. The Morgan fingerprint density at radius 3 is 2.56 bits per heavy atom. The second-order valence-corrected chi connectivity index (χ2v) is 3.90. The van der Waals surface area contributed by atoms with Gasteiger partial charge in [0.2, 0.25) is 0 Å². The number of amides is 1. The molecule has 0 aliphatic heterocycles. The molecule has 6 nitrogen and oxygen atoms in total. The number of carbonyl (C=O) groups is 2. The average Bonchev–Trinajstić information content (AvgIpc) is 2.34. The van der Waals surface area contributed by atoms with E-state index in [4.69, 9.17) is 11.5 Å². The van der Waals surface area contributed by atoms with Crippen LogP contribution in [0.4, 0.5) is 11.4 Å². The molecule has 1 amide bonds. The van der Waals surface area contributed by atoms with Crippen molar-refractivity contribution in [1.29, 1.82) is 0 Å². The lowest BCUT2D eigenvalue weighted by Gasteiger charge is -2.17. The van der Waals surface area contributed by atoms with E-state index in [0.29, 0.717) is 16.9 Å². The minimum absolute atomic E-state index is 0.146. The first-order valence-electron chi connectivity index (χ1n) is 5.43. The van der Waals surface area contributed by atoms with Crippen LogP contribution in [0.2, 0.25) is 0 Å². The lowest BCUT2D eigenvalue weighted by atomic mass is 10.1. The van der Waals surface area contributed by atoms with E-state index < -0.39 is 0 Å². The van der Waals surface area contributed by atoms with Gasteiger partial charge in [-0.05, 0) is 18.2 Å². The van der Waals surface area contributed by atoms with Crippen molar-refractivity contribution in [2.24, 2.45) is 0 Å². The van der Waals surface area contributed by atoms with Gasteiger partial charge in [-0.1, -0.05) is 0 Å². The van der Waals surface area contributed by atoms with Crippen LogP contribution in [0.5, 0.6) is 0 Å². The van der Waals surface area contributed by atoms with E-state index >= 15 is 0 Å². The third-order valence-corrected chi connectivity index (χ3v) is 2.53. The molecule has 0 bridgehead atoms. The maximum Gasteiger partial charge on any atom is 0.307 e. The van der Waals surface area contributed by atoms with Gasteiger partial charge in [0, 0.05) is 25.0 Å². The fourth-order valence-corrected chi connectivity index (χ4v) is 1.44. The number of ether oxygens (including phenoxy) is 1. The van der Waals surface area contributed by atoms with Crippen LogP contribution in [0.25, 0.3) is 0 Å². The highest BCUT2D eigenvalue weighted by Gasteiger charge is 2.15. The number of anilines is 2. The van der Waals surface area contributed by atoms with Crippen molar-refractivity contribution in [1.82, 2.24) is 4.90 Å². The molecule has 98 valence electrons. The van der Waals surface area contributed by atoms with Gasteiger partial charge in [0.1, 0.15) is 0 Å². The number of nitrogens with zero attached hydrogens (tertiary/aromatic N) is 1. The van der Waals surface area contributed by atoms with E-state index in [0.717, 1.165) is 0 Å². The molecule has 0 atom stereocenters. The molecule has 0 saturated heterocycles. The molecule has 0 aromatic heterocycles. The zero-order chi connectivity index (χ0) is 13.7. The minimum atomic E-state index is -0.361. The van der Waals surface area contributed by atoms with Crippen LogP contribution in [-0.4, -0.2) is 37.5 Å². The van der Waals surface area contributed by atoms with Crippen LogP contribution in [0, 0.1) is 0 Å². The summed E-state index contributed by atoms with van der Waals surface area (Å²) in [6.07, 6.45) is 0.146. The van der Waals surface area contributed by atoms with E-state index in [1.807, 2.05) is 0 Å². The predicted molar refractivity (Wildman–Crippen MR) is 68.9 cm³/mol. The molecule has 0 heterocycles. The minimum Gasteiger partial charge on any atom is -0.469 e. The van der Waals surface area contributed by atoms with Gasteiger partial charge in [0.05, 0.1) is 19.1 Å². The standard InChI is InChI=1S/C12H17N3O3/c1-15(6-5-11(16)18-2)12(17)9-4-3-8(13)7-10(9)14/h3-4,7H,5-6,13-14H2,1-2H3. The molecule has 0 spiro atoms. The van der Waals surface area contributed by atoms with Gasteiger partial charge in [-0.2, -0.15) is 0 Å². The highest BCUT2D eigenvalue weighted by atomic mass is 16.5. The van der Waals surface area contributed by atoms with Crippen molar-refractivity contribution < 1.29 is 14.3 Å². The maximum atomic E-state index is 12.0. The van der Waals surface area contributed by atoms with Gasteiger partial charge >= 0.3 is 5.97 Å². The summed E-state index contributed by atoms with van der Waals surface area (Å²) in [4.78, 5) is 24.4. The van der Waals surface area contributed by atoms with E-state index in [9.17, 15) is 9.59 Å². The van der Waals surface area contributed by atoms with Crippen LogP contribution in [0.3, 0.4) is 0 Å². The molecule has 0 fully saturated rings. The molecule has 1 aromatic rings. The number of hydrogen-bond acceptors (Lipinski definition) is 5. The summed E-state index contributed by atoms with van der Waals surface area (Å²) in [5.41, 5.74) is 12.5. The molecule has 1 rings (SSSR count). The number of benzene rings is 1. The Balaban J connectivity index is 2.71. The average molecular weight is 251 g/mol. The SMILES string of the molecule is COC(=O)CCN(C)C(=O)c1ccc(N)cc1N. The maximum absolute atomic E-state index is 12.0. The molecule has 4 N–H and O–H groups in total. The van der Waals surface area contributed by atoms with Gasteiger partial charge in [0.15, 0.2) is 0 Å². The van der Waals surface area contributed by atoms with E-state index in [-0.39, 0.29) is 24.8 Å². The van der Waals surface area contributed by atoms with Crippen LogP contribution in [0.15, 0.2) is 18.2 Å². The largest absolute Gasteiger partial charge is 0.469 e. The first-order chi connectivity index (χ1) is 8.45. The Kier molecular flexibility index (Phi) is 4.53. The quantitative estimate of drug-likeness (QED) is 0.599. The lowest BCUT2D eigenvalue weighted by Crippen LogP contribution is -2.29. The van der Waals surface area contributed by atoms with E-state index in [1.54, 1.807) is 19.2 Å². The number of hydrogen-bond donors (Lipinski definition) is 2. The molecular formula is C12H17N3O3. The van der Waals surface area contributed by atoms with Crippen LogP contribution in [0.1, 0.15) is 16.8 Å². The van der Waals surface area contributed by atoms with E-state index in [1.165, 1.54) is 18.1 Å². The van der Waals surface area contributed by atoms with Crippen LogP contribution >= 0.6 is 0 Å². The molecule has 1 aromatic carbocycles. The summed E-state index contributed by atoms with van der Waals surface area (Å²) in [5, 5.41) is 0. The molecule has 18 heavy (non-hydrogen) atoms. The summed E-state index contributed by atoms with van der Waals surface area (Å²) in [7, 11) is 2.91. The summed E-state index contributed by atoms with van der Waals surface area (Å²) in [6, 6.07) is 4.71. The fraction of sp³-hybridized carbons (Fsp3) is 0.333. The third-order valence-electron chi connectivity index (χ3n) is 2.53. The Bertz CT molecular complexity index is 460. The fourth-order valence-electron chi connectivity index (χ4n) is 1.44. The monoisotopic (exact) mass is 251 g/mol. The molecule has 0 aliphatic rings. The van der Waals surface area contributed by atoms with Crippen LogP contribution < -0.4 is 11.5 Å². The highest BCUT2D eigenvalue weighted by Crippen LogP contribution is 2.17. The number of carbonyl (C=O) groups excluding carboxylic acids is 2. The smallest absolute Gasteiger partial charge is 0.307 e. The number of nitrogen functional groups attached to an aromatic ring is 2. The summed E-state index contributed by atoms with van der Waals surface area (Å²) < 4.78 is 4.51. The van der Waals surface area contributed by atoms with Crippen molar-refractivity contribution in [3.63, 3.8) is 0 Å². The Morgan fingerprint density at radius 2 is 2.00 bits per heavy atom. The van der Waals surface area contributed by atoms with Crippen molar-refractivity contribution in [2.45, 2.75) is 6.42 Å². The molecule has 0 unspecified atom stereocenters. The third kappa shape index (κ3) is 3.38. The Morgan fingerprint density at radius 1 is 1.33 bits per heavy atom. The van der Waals surface area contributed by atoms with Gasteiger partial charge in [-0.15, -0.1) is 0 Å². The lowest BCUT2D eigenvalue weighted by molar-refractivity contribution is -0.140. The molecule has 0 aliphatic carbocycles. The second-order valence-electron chi connectivity index (χ2n) is 3.90. The van der Waals surface area contributed by atoms with Gasteiger partial charge in [-0.25, -0.2) is 0 Å². The number of nitrogens with two attached hydrogens (primary N) is 2. The first kappa shape index (κ1) is 13.8. The topological polar surface area (TPSA) is 98.6 Å². The van der Waals surface area contributed by atoms with Crippen molar-refractivity contribution >= 4 is 23.3 Å². The zero-order valence-corrected chi connectivity index (χ0v) is 10.5. The molecule has 0 radical (unpaired) electrons.